The molecule has 0 aliphatic carbocycles. The Morgan fingerprint density at radius 3 is 2.90 bits per heavy atom. The smallest absolute Gasteiger partial charge is 0.258 e. The van der Waals surface area contributed by atoms with E-state index in [1.165, 1.54) is 18.9 Å². The van der Waals surface area contributed by atoms with E-state index in [0.717, 1.165) is 36.0 Å². The highest BCUT2D eigenvalue weighted by Crippen LogP contribution is 2.37. The Bertz CT molecular complexity index is 1130. The first-order valence-corrected chi connectivity index (χ1v) is 10.4. The van der Waals surface area contributed by atoms with Crippen molar-refractivity contribution >= 4 is 23.1 Å². The first-order chi connectivity index (χ1) is 14.6. The lowest BCUT2D eigenvalue weighted by Gasteiger charge is -2.38. The number of likely N-dealkylation sites (N-methyl/N-ethyl adjacent to an activating group) is 1. The summed E-state index contributed by atoms with van der Waals surface area (Å²) in [7, 11) is 2.09. The number of rotatable bonds is 4. The summed E-state index contributed by atoms with van der Waals surface area (Å²) in [6.07, 6.45) is 7.47. The minimum absolute atomic E-state index is 0.171. The standard InChI is InChI=1S/C22H22ClN5O2/c1-26-13-17-3-2-7-28(17)22-20(26)9-18(12-25-22)27-8-6-19(10-21(27)29)30-14-16-5-4-15(23)11-24-16/h4-6,8-12,17H,2-3,7,13-14H2,1H3. The summed E-state index contributed by atoms with van der Waals surface area (Å²) < 4.78 is 7.30. The third-order valence-corrected chi connectivity index (χ3v) is 5.95. The van der Waals surface area contributed by atoms with Crippen LogP contribution >= 0.6 is 11.6 Å². The second-order valence-corrected chi connectivity index (χ2v) is 8.17. The molecule has 3 aromatic rings. The first kappa shape index (κ1) is 18.9. The van der Waals surface area contributed by atoms with Crippen LogP contribution in [0.1, 0.15) is 18.5 Å². The molecule has 3 aromatic heterocycles. The van der Waals surface area contributed by atoms with E-state index >= 15 is 0 Å². The molecule has 0 amide bonds. The second kappa shape index (κ2) is 7.65. The molecule has 30 heavy (non-hydrogen) atoms. The van der Waals surface area contributed by atoms with Crippen molar-refractivity contribution in [3.8, 4) is 11.4 Å². The maximum atomic E-state index is 12.7. The van der Waals surface area contributed by atoms with Crippen LogP contribution in [0.15, 0.2) is 53.7 Å². The molecule has 5 rings (SSSR count). The molecule has 0 N–H and O–H groups in total. The van der Waals surface area contributed by atoms with Crippen LogP contribution in [0.5, 0.6) is 5.75 Å². The van der Waals surface area contributed by atoms with E-state index in [4.69, 9.17) is 21.3 Å². The van der Waals surface area contributed by atoms with Gasteiger partial charge in [-0.3, -0.25) is 14.3 Å². The van der Waals surface area contributed by atoms with Gasteiger partial charge in [-0.25, -0.2) is 4.98 Å². The number of halogens is 1. The van der Waals surface area contributed by atoms with Gasteiger partial charge in [0.1, 0.15) is 12.4 Å². The van der Waals surface area contributed by atoms with Crippen molar-refractivity contribution in [1.29, 1.82) is 0 Å². The molecule has 7 nitrogen and oxygen atoms in total. The quantitative estimate of drug-likeness (QED) is 0.641. The molecule has 2 aliphatic rings. The van der Waals surface area contributed by atoms with E-state index in [1.54, 1.807) is 41.4 Å². The van der Waals surface area contributed by atoms with Crippen molar-refractivity contribution in [2.24, 2.45) is 0 Å². The van der Waals surface area contributed by atoms with Gasteiger partial charge in [0.05, 0.1) is 28.3 Å². The highest BCUT2D eigenvalue weighted by molar-refractivity contribution is 6.30. The number of fused-ring (bicyclic) bond motifs is 3. The molecular formula is C22H22ClN5O2. The maximum Gasteiger partial charge on any atom is 0.258 e. The van der Waals surface area contributed by atoms with Crippen molar-refractivity contribution in [1.82, 2.24) is 14.5 Å². The average molecular weight is 424 g/mol. The van der Waals surface area contributed by atoms with Gasteiger partial charge in [0.2, 0.25) is 0 Å². The van der Waals surface area contributed by atoms with Crippen molar-refractivity contribution in [2.75, 3.05) is 29.9 Å². The Morgan fingerprint density at radius 2 is 2.10 bits per heavy atom. The summed E-state index contributed by atoms with van der Waals surface area (Å²) in [5, 5.41) is 0.575. The topological polar surface area (TPSA) is 63.5 Å². The van der Waals surface area contributed by atoms with Gasteiger partial charge in [-0.2, -0.15) is 0 Å². The van der Waals surface area contributed by atoms with E-state index in [0.29, 0.717) is 16.8 Å². The summed E-state index contributed by atoms with van der Waals surface area (Å²) in [6, 6.07) is 9.39. The van der Waals surface area contributed by atoms with Gasteiger partial charge >= 0.3 is 0 Å². The molecule has 0 bridgehead atoms. The van der Waals surface area contributed by atoms with Gasteiger partial charge < -0.3 is 14.5 Å². The van der Waals surface area contributed by atoms with E-state index in [9.17, 15) is 4.79 Å². The van der Waals surface area contributed by atoms with E-state index < -0.39 is 0 Å². The van der Waals surface area contributed by atoms with Crippen LogP contribution in [0, 0.1) is 0 Å². The number of pyridine rings is 3. The highest BCUT2D eigenvalue weighted by Gasteiger charge is 2.33. The van der Waals surface area contributed by atoms with Crippen molar-refractivity contribution in [3.05, 3.63) is 70.0 Å². The van der Waals surface area contributed by atoms with E-state index in [2.05, 4.69) is 21.8 Å². The fourth-order valence-electron chi connectivity index (χ4n) is 4.20. The predicted molar refractivity (Wildman–Crippen MR) is 117 cm³/mol. The van der Waals surface area contributed by atoms with Crippen LogP contribution in [0.3, 0.4) is 0 Å². The molecular weight excluding hydrogens is 402 g/mol. The Labute approximate surface area is 179 Å². The van der Waals surface area contributed by atoms with Crippen LogP contribution in [-0.2, 0) is 6.61 Å². The van der Waals surface area contributed by atoms with Crippen LogP contribution in [0.2, 0.25) is 5.02 Å². The fraction of sp³-hybridized carbons (Fsp3) is 0.318. The number of nitrogens with zero attached hydrogens (tertiary/aromatic N) is 5. The van der Waals surface area contributed by atoms with Crippen LogP contribution < -0.4 is 20.1 Å². The minimum atomic E-state index is -0.171. The van der Waals surface area contributed by atoms with Gasteiger partial charge in [0.15, 0.2) is 5.82 Å². The van der Waals surface area contributed by atoms with E-state index in [1.807, 2.05) is 6.07 Å². The normalized spacial score (nSPS) is 17.6. The Morgan fingerprint density at radius 1 is 1.20 bits per heavy atom. The molecule has 2 aliphatic heterocycles. The lowest BCUT2D eigenvalue weighted by Crippen LogP contribution is -2.44. The maximum absolute atomic E-state index is 12.7. The summed E-state index contributed by atoms with van der Waals surface area (Å²) in [5.74, 6) is 1.51. The SMILES string of the molecule is CN1CC2CCCN2c2ncc(-n3ccc(OCc4ccc(Cl)cn4)cc3=O)cc21. The van der Waals surface area contributed by atoms with Crippen LogP contribution in [-0.4, -0.2) is 40.7 Å². The molecule has 0 aromatic carbocycles. The summed E-state index contributed by atoms with van der Waals surface area (Å²) >= 11 is 5.85. The van der Waals surface area contributed by atoms with Crippen LogP contribution in [0.4, 0.5) is 11.5 Å². The lowest BCUT2D eigenvalue weighted by molar-refractivity contribution is 0.300. The van der Waals surface area contributed by atoms with Crippen molar-refractivity contribution < 1.29 is 4.74 Å². The second-order valence-electron chi connectivity index (χ2n) is 7.73. The predicted octanol–water partition coefficient (Wildman–Crippen LogP) is 3.28. The Kier molecular flexibility index (Phi) is 4.83. The molecule has 154 valence electrons. The van der Waals surface area contributed by atoms with Gasteiger partial charge in [0.25, 0.3) is 5.56 Å². The number of aromatic nitrogens is 3. The molecule has 0 radical (unpaired) electrons. The molecule has 1 saturated heterocycles. The number of hydrogen-bond acceptors (Lipinski definition) is 6. The lowest BCUT2D eigenvalue weighted by atomic mass is 10.1. The van der Waals surface area contributed by atoms with Gasteiger partial charge in [-0.1, -0.05) is 11.6 Å². The van der Waals surface area contributed by atoms with Gasteiger partial charge in [0, 0.05) is 44.6 Å². The van der Waals surface area contributed by atoms with Gasteiger partial charge in [-0.15, -0.1) is 0 Å². The Hall–Kier alpha value is -3.06. The summed E-state index contributed by atoms with van der Waals surface area (Å²) in [5.41, 5.74) is 2.38. The molecule has 5 heterocycles. The zero-order valence-electron chi connectivity index (χ0n) is 16.7. The number of anilines is 2. The zero-order valence-corrected chi connectivity index (χ0v) is 17.4. The molecule has 1 atom stereocenters. The third-order valence-electron chi connectivity index (χ3n) is 5.72. The summed E-state index contributed by atoms with van der Waals surface area (Å²) in [4.78, 5) is 26.3. The Balaban J connectivity index is 1.38. The largest absolute Gasteiger partial charge is 0.487 e. The average Bonchev–Trinajstić information content (AvgIpc) is 3.22. The monoisotopic (exact) mass is 423 g/mol. The number of hydrogen-bond donors (Lipinski definition) is 0. The van der Waals surface area contributed by atoms with Crippen LogP contribution in [0.25, 0.3) is 5.69 Å². The molecule has 1 fully saturated rings. The van der Waals surface area contributed by atoms with E-state index in [-0.39, 0.29) is 12.2 Å². The van der Waals surface area contributed by atoms with Crippen molar-refractivity contribution in [3.63, 3.8) is 0 Å². The zero-order chi connectivity index (χ0) is 20.7. The highest BCUT2D eigenvalue weighted by atomic mass is 35.5. The summed E-state index contributed by atoms with van der Waals surface area (Å²) in [6.45, 7) is 2.30. The van der Waals surface area contributed by atoms with Gasteiger partial charge in [-0.05, 0) is 37.1 Å². The number of ether oxygens (including phenoxy) is 1. The van der Waals surface area contributed by atoms with Crippen molar-refractivity contribution in [2.45, 2.75) is 25.5 Å². The minimum Gasteiger partial charge on any atom is -0.487 e. The molecule has 0 saturated carbocycles. The molecule has 8 heteroatoms. The first-order valence-electron chi connectivity index (χ1n) is 10.0. The third kappa shape index (κ3) is 3.50. The molecule has 0 spiro atoms. The fourth-order valence-corrected chi connectivity index (χ4v) is 4.31. The molecule has 1 unspecified atom stereocenters.